The van der Waals surface area contributed by atoms with Crippen LogP contribution in [0, 0.1) is 0 Å². The highest BCUT2D eigenvalue weighted by Gasteiger charge is 2.21. The van der Waals surface area contributed by atoms with Crippen molar-refractivity contribution >= 4 is 17.7 Å². The van der Waals surface area contributed by atoms with E-state index in [1.807, 2.05) is 6.26 Å². The van der Waals surface area contributed by atoms with Gasteiger partial charge in [0.2, 0.25) is 5.91 Å². The molecular formula is C11H22N2O3S. The molecule has 0 aromatic heterocycles. The molecule has 0 radical (unpaired) electrons. The Kier molecular flexibility index (Phi) is 6.26. The van der Waals surface area contributed by atoms with E-state index in [4.69, 9.17) is 4.74 Å². The fourth-order valence-corrected chi connectivity index (χ4v) is 2.45. The van der Waals surface area contributed by atoms with E-state index in [0.29, 0.717) is 38.6 Å². The van der Waals surface area contributed by atoms with Crippen LogP contribution in [0.5, 0.6) is 0 Å². The third-order valence-corrected chi connectivity index (χ3v) is 3.51. The summed E-state index contributed by atoms with van der Waals surface area (Å²) in [7, 11) is 0. The molecule has 17 heavy (non-hydrogen) atoms. The summed E-state index contributed by atoms with van der Waals surface area (Å²) < 4.78 is 5.18. The number of ether oxygens (including phenoxy) is 1. The molecule has 1 fully saturated rings. The molecule has 1 aliphatic heterocycles. The summed E-state index contributed by atoms with van der Waals surface area (Å²) in [5.41, 5.74) is -0.759. The van der Waals surface area contributed by atoms with Crippen molar-refractivity contribution in [2.75, 3.05) is 51.4 Å². The lowest BCUT2D eigenvalue weighted by atomic mass is 10.1. The predicted octanol–water partition coefficient (Wildman–Crippen LogP) is -0.451. The Bertz CT molecular complexity index is 243. The first-order chi connectivity index (χ1) is 8.05. The summed E-state index contributed by atoms with van der Waals surface area (Å²) in [5.74, 6) is 0.736. The monoisotopic (exact) mass is 262 g/mol. The second-order valence-electron chi connectivity index (χ2n) is 4.53. The highest BCUT2D eigenvalue weighted by molar-refractivity contribution is 7.98. The number of amides is 1. The largest absolute Gasteiger partial charge is 0.388 e. The summed E-state index contributed by atoms with van der Waals surface area (Å²) in [6, 6.07) is 0. The van der Waals surface area contributed by atoms with Crippen molar-refractivity contribution in [3.63, 3.8) is 0 Å². The number of hydrogen-bond donors (Lipinski definition) is 2. The average molecular weight is 262 g/mol. The van der Waals surface area contributed by atoms with Gasteiger partial charge in [-0.1, -0.05) is 0 Å². The molecule has 1 amide bonds. The Balaban J connectivity index is 2.19. The molecule has 2 N–H and O–H groups in total. The van der Waals surface area contributed by atoms with Gasteiger partial charge in [0, 0.05) is 25.4 Å². The van der Waals surface area contributed by atoms with Gasteiger partial charge in [-0.15, -0.1) is 0 Å². The normalized spacial score (nSPS) is 20.1. The summed E-state index contributed by atoms with van der Waals surface area (Å²) in [4.78, 5) is 13.6. The van der Waals surface area contributed by atoms with Crippen molar-refractivity contribution < 1.29 is 14.6 Å². The fourth-order valence-electron chi connectivity index (χ4n) is 1.73. The topological polar surface area (TPSA) is 61.8 Å². The maximum absolute atomic E-state index is 11.8. The highest BCUT2D eigenvalue weighted by Crippen LogP contribution is 2.08. The maximum atomic E-state index is 11.8. The number of morpholine rings is 1. The van der Waals surface area contributed by atoms with Gasteiger partial charge in [-0.2, -0.15) is 11.8 Å². The average Bonchev–Trinajstić information content (AvgIpc) is 2.29. The van der Waals surface area contributed by atoms with Gasteiger partial charge in [-0.25, -0.2) is 0 Å². The van der Waals surface area contributed by atoms with Crippen molar-refractivity contribution in [2.24, 2.45) is 0 Å². The van der Waals surface area contributed by atoms with Crippen LogP contribution in [0.3, 0.4) is 0 Å². The first-order valence-electron chi connectivity index (χ1n) is 5.83. The van der Waals surface area contributed by atoms with Gasteiger partial charge in [0.25, 0.3) is 0 Å². The smallest absolute Gasteiger partial charge is 0.236 e. The zero-order valence-corrected chi connectivity index (χ0v) is 11.4. The van der Waals surface area contributed by atoms with E-state index in [1.54, 1.807) is 23.6 Å². The summed E-state index contributed by atoms with van der Waals surface area (Å²) in [6.07, 6.45) is 1.95. The lowest BCUT2D eigenvalue weighted by molar-refractivity contribution is -0.134. The van der Waals surface area contributed by atoms with Gasteiger partial charge in [0.1, 0.15) is 0 Å². The van der Waals surface area contributed by atoms with E-state index in [2.05, 4.69) is 5.32 Å². The summed E-state index contributed by atoms with van der Waals surface area (Å²) >= 11 is 1.59. The van der Waals surface area contributed by atoms with Crippen molar-refractivity contribution in [2.45, 2.75) is 12.5 Å². The maximum Gasteiger partial charge on any atom is 0.236 e. The minimum atomic E-state index is -0.759. The van der Waals surface area contributed by atoms with E-state index in [9.17, 15) is 9.90 Å². The minimum Gasteiger partial charge on any atom is -0.388 e. The van der Waals surface area contributed by atoms with Crippen LogP contribution in [0.1, 0.15) is 6.92 Å². The molecule has 0 aromatic rings. The molecule has 1 aliphatic rings. The van der Waals surface area contributed by atoms with Crippen molar-refractivity contribution in [3.05, 3.63) is 0 Å². The number of nitrogens with one attached hydrogen (secondary N) is 1. The zero-order valence-electron chi connectivity index (χ0n) is 10.6. The van der Waals surface area contributed by atoms with Gasteiger partial charge >= 0.3 is 0 Å². The van der Waals surface area contributed by atoms with Crippen molar-refractivity contribution in [1.82, 2.24) is 10.2 Å². The quantitative estimate of drug-likeness (QED) is 0.679. The molecule has 1 unspecified atom stereocenters. The predicted molar refractivity (Wildman–Crippen MR) is 69.3 cm³/mol. The van der Waals surface area contributed by atoms with Crippen LogP contribution >= 0.6 is 11.8 Å². The van der Waals surface area contributed by atoms with E-state index in [1.165, 1.54) is 0 Å². The van der Waals surface area contributed by atoms with Crippen LogP contribution in [0.2, 0.25) is 0 Å². The van der Waals surface area contributed by atoms with Gasteiger partial charge in [0.15, 0.2) is 0 Å². The molecule has 6 heteroatoms. The van der Waals surface area contributed by atoms with E-state index in [0.717, 1.165) is 0 Å². The number of rotatable bonds is 6. The Labute approximate surface area is 107 Å². The second kappa shape index (κ2) is 7.20. The zero-order chi connectivity index (χ0) is 12.7. The standard InChI is InChI=1S/C11H22N2O3S/c1-11(15,9-17-2)8-12-7-10(14)13-3-5-16-6-4-13/h12,15H,3-9H2,1-2H3. The summed E-state index contributed by atoms with van der Waals surface area (Å²) in [5, 5.41) is 12.9. The Morgan fingerprint density at radius 1 is 1.53 bits per heavy atom. The van der Waals surface area contributed by atoms with Crippen LogP contribution in [-0.4, -0.2) is 72.9 Å². The van der Waals surface area contributed by atoms with Crippen LogP contribution < -0.4 is 5.32 Å². The number of aliphatic hydroxyl groups is 1. The highest BCUT2D eigenvalue weighted by atomic mass is 32.2. The number of hydrogen-bond acceptors (Lipinski definition) is 5. The van der Waals surface area contributed by atoms with Crippen molar-refractivity contribution in [1.29, 1.82) is 0 Å². The molecule has 100 valence electrons. The minimum absolute atomic E-state index is 0.0771. The third-order valence-electron chi connectivity index (χ3n) is 2.60. The first kappa shape index (κ1) is 14.8. The van der Waals surface area contributed by atoms with Gasteiger partial charge in [0.05, 0.1) is 25.4 Å². The third kappa shape index (κ3) is 5.72. The SMILES string of the molecule is CSCC(C)(O)CNCC(=O)N1CCOCC1. The molecule has 1 heterocycles. The lowest BCUT2D eigenvalue weighted by Crippen LogP contribution is -2.47. The lowest BCUT2D eigenvalue weighted by Gasteiger charge is -2.28. The molecule has 1 rings (SSSR count). The molecule has 0 saturated carbocycles. The van der Waals surface area contributed by atoms with Crippen LogP contribution in [-0.2, 0) is 9.53 Å². The molecule has 1 saturated heterocycles. The molecule has 1 atom stereocenters. The molecule has 0 spiro atoms. The molecule has 0 aromatic carbocycles. The van der Waals surface area contributed by atoms with Crippen LogP contribution in [0.4, 0.5) is 0 Å². The second-order valence-corrected chi connectivity index (χ2v) is 5.39. The van der Waals surface area contributed by atoms with E-state index < -0.39 is 5.60 Å². The van der Waals surface area contributed by atoms with Crippen LogP contribution in [0.25, 0.3) is 0 Å². The molecular weight excluding hydrogens is 240 g/mol. The van der Waals surface area contributed by atoms with E-state index in [-0.39, 0.29) is 12.5 Å². The summed E-state index contributed by atoms with van der Waals surface area (Å²) in [6.45, 7) is 5.07. The van der Waals surface area contributed by atoms with Crippen molar-refractivity contribution in [3.8, 4) is 0 Å². The Morgan fingerprint density at radius 3 is 2.76 bits per heavy atom. The van der Waals surface area contributed by atoms with Gasteiger partial charge in [-0.05, 0) is 13.2 Å². The van der Waals surface area contributed by atoms with Gasteiger partial charge in [-0.3, -0.25) is 4.79 Å². The molecule has 0 aliphatic carbocycles. The molecule has 0 bridgehead atoms. The molecule has 5 nitrogen and oxygen atoms in total. The Hall–Kier alpha value is -0.300. The number of carbonyl (C=O) groups excluding carboxylic acids is 1. The number of thioether (sulfide) groups is 1. The first-order valence-corrected chi connectivity index (χ1v) is 7.22. The number of carbonyl (C=O) groups is 1. The van der Waals surface area contributed by atoms with Gasteiger partial charge < -0.3 is 20.1 Å². The number of nitrogens with zero attached hydrogens (tertiary/aromatic N) is 1. The Morgan fingerprint density at radius 2 is 2.18 bits per heavy atom. The van der Waals surface area contributed by atoms with Crippen LogP contribution in [0.15, 0.2) is 0 Å². The fraction of sp³-hybridized carbons (Fsp3) is 0.909. The van der Waals surface area contributed by atoms with E-state index >= 15 is 0 Å².